The second-order valence-corrected chi connectivity index (χ2v) is 4.57. The Hall–Kier alpha value is -2.45. The summed E-state index contributed by atoms with van der Waals surface area (Å²) < 4.78 is 0.690. The molecule has 0 aliphatic heterocycles. The molecule has 0 N–H and O–H groups in total. The van der Waals surface area contributed by atoms with Gasteiger partial charge >= 0.3 is 0 Å². The first-order valence-electron chi connectivity index (χ1n) is 5.62. The third-order valence-electron chi connectivity index (χ3n) is 1.89. The number of aromatic nitrogens is 4. The van der Waals surface area contributed by atoms with E-state index in [2.05, 4.69) is 55.9 Å². The van der Waals surface area contributed by atoms with Gasteiger partial charge in [0.15, 0.2) is 0 Å². The monoisotopic (exact) mass is 382 g/mol. The van der Waals surface area contributed by atoms with Crippen LogP contribution in [-0.2, 0) is 13.1 Å². The Bertz CT molecular complexity index is 649. The predicted molar refractivity (Wildman–Crippen MR) is 82.5 cm³/mol. The highest BCUT2D eigenvalue weighted by Crippen LogP contribution is 2.04. The molecule has 2 heterocycles. The minimum Gasteiger partial charge on any atom is -0.241 e. The van der Waals surface area contributed by atoms with Crippen molar-refractivity contribution >= 4 is 27.5 Å². The SMILES string of the molecule is [N-]=[N+]=NCc1nccc(Br)n1.[N-]=[N+]=NCc1nccc(Cl)n1. The van der Waals surface area contributed by atoms with Gasteiger partial charge in [0, 0.05) is 22.2 Å². The summed E-state index contributed by atoms with van der Waals surface area (Å²) >= 11 is 8.71. The van der Waals surface area contributed by atoms with Crippen molar-refractivity contribution in [2.75, 3.05) is 0 Å². The number of hydrogen-bond acceptors (Lipinski definition) is 6. The van der Waals surface area contributed by atoms with Crippen LogP contribution in [0.1, 0.15) is 11.6 Å². The van der Waals surface area contributed by atoms with Gasteiger partial charge in [-0.15, -0.1) is 0 Å². The summed E-state index contributed by atoms with van der Waals surface area (Å²) in [7, 11) is 0. The zero-order chi connectivity index (χ0) is 16.2. The first kappa shape index (κ1) is 17.6. The van der Waals surface area contributed by atoms with Crippen molar-refractivity contribution in [2.24, 2.45) is 10.2 Å². The fraction of sp³-hybridized carbons (Fsp3) is 0.200. The average molecular weight is 384 g/mol. The highest BCUT2D eigenvalue weighted by molar-refractivity contribution is 9.10. The summed E-state index contributed by atoms with van der Waals surface area (Å²) in [4.78, 5) is 20.6. The Morgan fingerprint density at radius 2 is 1.55 bits per heavy atom. The van der Waals surface area contributed by atoms with Crippen molar-refractivity contribution in [3.8, 4) is 0 Å². The van der Waals surface area contributed by atoms with E-state index in [0.29, 0.717) is 21.4 Å². The van der Waals surface area contributed by atoms with Gasteiger partial charge in [-0.1, -0.05) is 21.8 Å². The standard InChI is InChI=1S/C5H4BrN5.C5H4ClN5/c2*6-4-1-2-8-5(10-4)3-9-11-7/h2*1-2H,3H2. The molecule has 0 fully saturated rings. The molecule has 2 aromatic rings. The molecule has 0 aromatic carbocycles. The normalized spacial score (nSPS) is 8.82. The number of hydrogen-bond donors (Lipinski definition) is 0. The second-order valence-electron chi connectivity index (χ2n) is 3.37. The predicted octanol–water partition coefficient (Wildman–Crippen LogP) is 3.99. The molecular weight excluding hydrogens is 376 g/mol. The van der Waals surface area contributed by atoms with Gasteiger partial charge in [0.25, 0.3) is 0 Å². The van der Waals surface area contributed by atoms with Gasteiger partial charge in [0.2, 0.25) is 0 Å². The maximum atomic E-state index is 7.99. The lowest BCUT2D eigenvalue weighted by Crippen LogP contribution is -1.90. The highest BCUT2D eigenvalue weighted by Gasteiger charge is 1.94. The molecule has 22 heavy (non-hydrogen) atoms. The summed E-state index contributed by atoms with van der Waals surface area (Å²) in [5.74, 6) is 0.937. The lowest BCUT2D eigenvalue weighted by molar-refractivity contribution is 0.891. The van der Waals surface area contributed by atoms with Crippen molar-refractivity contribution in [1.82, 2.24) is 19.9 Å². The van der Waals surface area contributed by atoms with E-state index in [-0.39, 0.29) is 13.1 Å². The fourth-order valence-electron chi connectivity index (χ4n) is 1.09. The van der Waals surface area contributed by atoms with Crippen LogP contribution >= 0.6 is 27.5 Å². The first-order valence-corrected chi connectivity index (χ1v) is 6.79. The van der Waals surface area contributed by atoms with E-state index in [1.807, 2.05) is 0 Å². The molecule has 2 rings (SSSR count). The molecule has 2 aromatic heterocycles. The Kier molecular flexibility index (Phi) is 8.24. The van der Waals surface area contributed by atoms with Gasteiger partial charge in [0.05, 0.1) is 13.1 Å². The Labute approximate surface area is 138 Å². The summed E-state index contributed by atoms with van der Waals surface area (Å²) in [6, 6.07) is 3.26. The van der Waals surface area contributed by atoms with Crippen LogP contribution in [0.25, 0.3) is 20.9 Å². The van der Waals surface area contributed by atoms with Crippen LogP contribution in [0.3, 0.4) is 0 Å². The maximum absolute atomic E-state index is 7.99. The molecule has 0 unspecified atom stereocenters. The molecule has 12 heteroatoms. The van der Waals surface area contributed by atoms with Crippen LogP contribution < -0.4 is 0 Å². The van der Waals surface area contributed by atoms with Crippen molar-refractivity contribution < 1.29 is 0 Å². The molecule has 0 radical (unpaired) electrons. The van der Waals surface area contributed by atoms with E-state index in [1.54, 1.807) is 18.3 Å². The third kappa shape index (κ3) is 7.36. The van der Waals surface area contributed by atoms with Crippen LogP contribution in [0, 0.1) is 0 Å². The minimum atomic E-state index is 0.136. The van der Waals surface area contributed by atoms with Crippen molar-refractivity contribution in [3.63, 3.8) is 0 Å². The molecule has 0 spiro atoms. The highest BCUT2D eigenvalue weighted by atomic mass is 79.9. The first-order chi connectivity index (χ1) is 10.7. The summed E-state index contributed by atoms with van der Waals surface area (Å²) in [6.45, 7) is 0.326. The van der Waals surface area contributed by atoms with E-state index in [1.165, 1.54) is 6.20 Å². The Morgan fingerprint density at radius 3 is 2.05 bits per heavy atom. The Balaban J connectivity index is 0.000000220. The lowest BCUT2D eigenvalue weighted by Gasteiger charge is -1.92. The van der Waals surface area contributed by atoms with Crippen LogP contribution in [0.15, 0.2) is 39.4 Å². The molecular formula is C10H8BrClN10. The van der Waals surface area contributed by atoms with E-state index >= 15 is 0 Å². The summed E-state index contributed by atoms with van der Waals surface area (Å²) in [5.41, 5.74) is 16.0. The molecule has 0 bridgehead atoms. The smallest absolute Gasteiger partial charge is 0.135 e. The number of azide groups is 2. The molecule has 0 atom stereocenters. The van der Waals surface area contributed by atoms with Crippen molar-refractivity contribution in [2.45, 2.75) is 13.1 Å². The average Bonchev–Trinajstić information content (AvgIpc) is 2.52. The number of rotatable bonds is 4. The van der Waals surface area contributed by atoms with E-state index in [9.17, 15) is 0 Å². The fourth-order valence-corrected chi connectivity index (χ4v) is 1.57. The topological polar surface area (TPSA) is 149 Å². The van der Waals surface area contributed by atoms with Gasteiger partial charge in [-0.05, 0) is 39.1 Å². The molecule has 0 saturated heterocycles. The second kappa shape index (κ2) is 10.3. The van der Waals surface area contributed by atoms with Crippen molar-refractivity contribution in [3.05, 3.63) is 66.8 Å². The third-order valence-corrected chi connectivity index (χ3v) is 2.55. The van der Waals surface area contributed by atoms with Gasteiger partial charge in [-0.3, -0.25) is 0 Å². The van der Waals surface area contributed by atoms with E-state index in [0.717, 1.165) is 0 Å². The van der Waals surface area contributed by atoms with Gasteiger partial charge in [0.1, 0.15) is 21.4 Å². The van der Waals surface area contributed by atoms with Crippen LogP contribution in [0.5, 0.6) is 0 Å². The maximum Gasteiger partial charge on any atom is 0.135 e. The van der Waals surface area contributed by atoms with Crippen LogP contribution in [0.2, 0.25) is 5.15 Å². The minimum absolute atomic E-state index is 0.136. The van der Waals surface area contributed by atoms with E-state index in [4.69, 9.17) is 22.7 Å². The quantitative estimate of drug-likeness (QED) is 0.339. The molecule has 0 aliphatic rings. The number of nitrogens with zero attached hydrogens (tertiary/aromatic N) is 10. The molecule has 112 valence electrons. The van der Waals surface area contributed by atoms with E-state index < -0.39 is 0 Å². The van der Waals surface area contributed by atoms with Gasteiger partial charge in [-0.25, -0.2) is 19.9 Å². The molecule has 0 aliphatic carbocycles. The largest absolute Gasteiger partial charge is 0.241 e. The lowest BCUT2D eigenvalue weighted by atomic mass is 10.5. The van der Waals surface area contributed by atoms with Gasteiger partial charge < -0.3 is 0 Å². The van der Waals surface area contributed by atoms with Crippen LogP contribution in [0.4, 0.5) is 0 Å². The van der Waals surface area contributed by atoms with Gasteiger partial charge in [-0.2, -0.15) is 0 Å². The Morgan fingerprint density at radius 1 is 1.00 bits per heavy atom. The zero-order valence-electron chi connectivity index (χ0n) is 11.0. The molecule has 0 saturated carbocycles. The summed E-state index contributed by atoms with van der Waals surface area (Å²) in [6.07, 6.45) is 3.11. The molecule has 10 nitrogen and oxygen atoms in total. The number of halogens is 2. The summed E-state index contributed by atoms with van der Waals surface area (Å²) in [5, 5.41) is 6.95. The van der Waals surface area contributed by atoms with Crippen LogP contribution in [-0.4, -0.2) is 19.9 Å². The molecule has 0 amide bonds. The zero-order valence-corrected chi connectivity index (χ0v) is 13.3. The van der Waals surface area contributed by atoms with Crippen molar-refractivity contribution in [1.29, 1.82) is 0 Å².